The third kappa shape index (κ3) is 3.03. The van der Waals surface area contributed by atoms with E-state index in [0.717, 1.165) is 31.9 Å². The molecule has 100 valence electrons. The Morgan fingerprint density at radius 1 is 1.28 bits per heavy atom. The van der Waals surface area contributed by atoms with E-state index in [0.29, 0.717) is 5.41 Å². The van der Waals surface area contributed by atoms with Crippen LogP contribution in [-0.4, -0.2) is 31.6 Å². The van der Waals surface area contributed by atoms with Gasteiger partial charge in [0, 0.05) is 12.1 Å². The fourth-order valence-electron chi connectivity index (χ4n) is 2.53. The Bertz CT molecular complexity index is 384. The van der Waals surface area contributed by atoms with Gasteiger partial charge in [-0.1, -0.05) is 25.1 Å². The number of likely N-dealkylation sites (tertiary alicyclic amines) is 1. The number of hydrogen-bond donors (Lipinski definition) is 1. The van der Waals surface area contributed by atoms with E-state index in [9.17, 15) is 0 Å². The highest BCUT2D eigenvalue weighted by molar-refractivity contribution is 5.33. The van der Waals surface area contributed by atoms with Gasteiger partial charge in [-0.05, 0) is 44.0 Å². The number of ether oxygens (including phenoxy) is 1. The summed E-state index contributed by atoms with van der Waals surface area (Å²) in [4.78, 5) is 2.50. The quantitative estimate of drug-likeness (QED) is 0.888. The zero-order valence-electron chi connectivity index (χ0n) is 11.5. The molecule has 18 heavy (non-hydrogen) atoms. The molecule has 0 saturated carbocycles. The van der Waals surface area contributed by atoms with E-state index in [4.69, 9.17) is 10.5 Å². The van der Waals surface area contributed by atoms with E-state index in [1.54, 1.807) is 7.11 Å². The van der Waals surface area contributed by atoms with Crippen LogP contribution in [0.3, 0.4) is 0 Å². The second kappa shape index (κ2) is 5.72. The van der Waals surface area contributed by atoms with Crippen LogP contribution in [0.15, 0.2) is 24.3 Å². The Kier molecular flexibility index (Phi) is 4.25. The molecule has 1 saturated heterocycles. The number of nitrogens with zero attached hydrogens (tertiary/aromatic N) is 1. The molecule has 0 radical (unpaired) electrons. The molecular weight excluding hydrogens is 224 g/mol. The van der Waals surface area contributed by atoms with E-state index >= 15 is 0 Å². The van der Waals surface area contributed by atoms with Crippen molar-refractivity contribution in [1.29, 1.82) is 0 Å². The maximum Gasteiger partial charge on any atom is 0.123 e. The first kappa shape index (κ1) is 13.4. The van der Waals surface area contributed by atoms with Crippen LogP contribution in [0.2, 0.25) is 0 Å². The van der Waals surface area contributed by atoms with Crippen LogP contribution in [-0.2, 0) is 6.54 Å². The highest BCUT2D eigenvalue weighted by Gasteiger charge is 2.28. The van der Waals surface area contributed by atoms with Crippen LogP contribution in [0.5, 0.6) is 5.75 Å². The molecule has 1 heterocycles. The van der Waals surface area contributed by atoms with Gasteiger partial charge in [0.15, 0.2) is 0 Å². The largest absolute Gasteiger partial charge is 0.496 e. The smallest absolute Gasteiger partial charge is 0.123 e. The molecule has 1 fully saturated rings. The van der Waals surface area contributed by atoms with Crippen molar-refractivity contribution in [2.45, 2.75) is 26.3 Å². The van der Waals surface area contributed by atoms with Crippen molar-refractivity contribution in [3.05, 3.63) is 29.8 Å². The molecule has 0 spiro atoms. The lowest BCUT2D eigenvalue weighted by molar-refractivity contribution is 0.118. The first-order valence-corrected chi connectivity index (χ1v) is 6.71. The Balaban J connectivity index is 1.95. The fraction of sp³-hybridized carbons (Fsp3) is 0.600. The molecule has 0 aliphatic carbocycles. The van der Waals surface area contributed by atoms with Crippen LogP contribution in [0.4, 0.5) is 0 Å². The van der Waals surface area contributed by atoms with Gasteiger partial charge in [0.2, 0.25) is 0 Å². The maximum atomic E-state index is 5.84. The van der Waals surface area contributed by atoms with E-state index < -0.39 is 0 Å². The molecule has 0 bridgehead atoms. The second-order valence-electron chi connectivity index (χ2n) is 5.60. The summed E-state index contributed by atoms with van der Waals surface area (Å²) < 4.78 is 5.40. The lowest BCUT2D eigenvalue weighted by atomic mass is 9.80. The van der Waals surface area contributed by atoms with Gasteiger partial charge in [0.05, 0.1) is 7.11 Å². The molecule has 0 amide bonds. The van der Waals surface area contributed by atoms with E-state index in [2.05, 4.69) is 24.0 Å². The topological polar surface area (TPSA) is 38.5 Å². The average Bonchev–Trinajstić information content (AvgIpc) is 2.42. The third-order valence-electron chi connectivity index (χ3n) is 4.14. The minimum atomic E-state index is 0.345. The summed E-state index contributed by atoms with van der Waals surface area (Å²) in [5.41, 5.74) is 7.46. The molecule has 2 N–H and O–H groups in total. The van der Waals surface area contributed by atoms with Gasteiger partial charge in [-0.2, -0.15) is 0 Å². The number of methoxy groups -OCH3 is 1. The van der Waals surface area contributed by atoms with E-state index in [1.165, 1.54) is 18.4 Å². The second-order valence-corrected chi connectivity index (χ2v) is 5.60. The minimum Gasteiger partial charge on any atom is -0.496 e. The van der Waals surface area contributed by atoms with Crippen LogP contribution in [0.25, 0.3) is 0 Å². The summed E-state index contributed by atoms with van der Waals surface area (Å²) in [6, 6.07) is 8.27. The SMILES string of the molecule is COc1ccccc1CN1CCC(C)(CN)CC1. The molecular formula is C15H24N2O. The lowest BCUT2D eigenvalue weighted by Gasteiger charge is -2.38. The van der Waals surface area contributed by atoms with Crippen molar-refractivity contribution in [3.63, 3.8) is 0 Å². The van der Waals surface area contributed by atoms with Gasteiger partial charge >= 0.3 is 0 Å². The highest BCUT2D eigenvalue weighted by Crippen LogP contribution is 2.30. The fourth-order valence-corrected chi connectivity index (χ4v) is 2.53. The van der Waals surface area contributed by atoms with Crippen molar-refractivity contribution in [3.8, 4) is 5.75 Å². The summed E-state index contributed by atoms with van der Waals surface area (Å²) in [5.74, 6) is 0.990. The molecule has 0 aromatic heterocycles. The van der Waals surface area contributed by atoms with Gasteiger partial charge in [-0.25, -0.2) is 0 Å². The zero-order valence-corrected chi connectivity index (χ0v) is 11.5. The summed E-state index contributed by atoms with van der Waals surface area (Å²) >= 11 is 0. The number of piperidine rings is 1. The number of nitrogens with two attached hydrogens (primary N) is 1. The van der Waals surface area contributed by atoms with Crippen LogP contribution >= 0.6 is 0 Å². The standard InChI is InChI=1S/C15H24N2O/c1-15(12-16)7-9-17(10-8-15)11-13-5-3-4-6-14(13)18-2/h3-6H,7-12,16H2,1-2H3. The van der Waals surface area contributed by atoms with Crippen molar-refractivity contribution < 1.29 is 4.74 Å². The summed E-state index contributed by atoms with van der Waals surface area (Å²) in [6.45, 7) is 6.34. The minimum absolute atomic E-state index is 0.345. The van der Waals surface area contributed by atoms with Gasteiger partial charge in [-0.15, -0.1) is 0 Å². The zero-order chi connectivity index (χ0) is 13.0. The van der Waals surface area contributed by atoms with Gasteiger partial charge in [0.25, 0.3) is 0 Å². The molecule has 1 aliphatic heterocycles. The van der Waals surface area contributed by atoms with Gasteiger partial charge in [0.1, 0.15) is 5.75 Å². The van der Waals surface area contributed by atoms with Crippen molar-refractivity contribution in [2.75, 3.05) is 26.7 Å². The maximum absolute atomic E-state index is 5.84. The summed E-state index contributed by atoms with van der Waals surface area (Å²) in [6.07, 6.45) is 2.39. The monoisotopic (exact) mass is 248 g/mol. The predicted octanol–water partition coefficient (Wildman–Crippen LogP) is 2.26. The van der Waals surface area contributed by atoms with Crippen molar-refractivity contribution in [2.24, 2.45) is 11.1 Å². The third-order valence-corrected chi connectivity index (χ3v) is 4.14. The molecule has 2 rings (SSSR count). The van der Waals surface area contributed by atoms with Crippen molar-refractivity contribution in [1.82, 2.24) is 4.90 Å². The van der Waals surface area contributed by atoms with Crippen molar-refractivity contribution >= 4 is 0 Å². The summed E-state index contributed by atoms with van der Waals surface area (Å²) in [5, 5.41) is 0. The Morgan fingerprint density at radius 2 is 1.94 bits per heavy atom. The first-order chi connectivity index (χ1) is 8.67. The number of para-hydroxylation sites is 1. The molecule has 1 aromatic rings. The van der Waals surface area contributed by atoms with Crippen LogP contribution in [0.1, 0.15) is 25.3 Å². The van der Waals surface area contributed by atoms with E-state index in [1.807, 2.05) is 12.1 Å². The number of benzene rings is 1. The predicted molar refractivity (Wildman–Crippen MR) is 74.7 cm³/mol. The number of rotatable bonds is 4. The molecule has 1 aromatic carbocycles. The van der Waals surface area contributed by atoms with Crippen LogP contribution in [0, 0.1) is 5.41 Å². The first-order valence-electron chi connectivity index (χ1n) is 6.71. The molecule has 0 atom stereocenters. The lowest BCUT2D eigenvalue weighted by Crippen LogP contribution is -2.41. The molecule has 3 nitrogen and oxygen atoms in total. The van der Waals surface area contributed by atoms with E-state index in [-0.39, 0.29) is 0 Å². The normalized spacial score (nSPS) is 19.7. The van der Waals surface area contributed by atoms with Gasteiger partial charge in [-0.3, -0.25) is 4.90 Å². The Morgan fingerprint density at radius 3 is 2.56 bits per heavy atom. The Hall–Kier alpha value is -1.06. The van der Waals surface area contributed by atoms with Crippen LogP contribution < -0.4 is 10.5 Å². The Labute approximate surface area is 110 Å². The average molecular weight is 248 g/mol. The van der Waals surface area contributed by atoms with Gasteiger partial charge < -0.3 is 10.5 Å². The molecule has 0 unspecified atom stereocenters. The summed E-state index contributed by atoms with van der Waals surface area (Å²) in [7, 11) is 1.74. The molecule has 3 heteroatoms. The molecule has 1 aliphatic rings. The highest BCUT2D eigenvalue weighted by atomic mass is 16.5. The number of hydrogen-bond acceptors (Lipinski definition) is 3.